The Morgan fingerprint density at radius 3 is 2.82 bits per heavy atom. The number of likely N-dealkylation sites (tertiary alicyclic amines) is 1. The number of rotatable bonds is 5. The van der Waals surface area contributed by atoms with Gasteiger partial charge in [-0.3, -0.25) is 9.88 Å². The maximum Gasteiger partial charge on any atom is 0.127 e. The fourth-order valence-corrected chi connectivity index (χ4v) is 3.16. The summed E-state index contributed by atoms with van der Waals surface area (Å²) in [6.07, 6.45) is 4.20. The number of hydrogen-bond acceptors (Lipinski definition) is 4. The minimum absolute atomic E-state index is 0.378. The Morgan fingerprint density at radius 2 is 2.09 bits per heavy atom. The molecule has 1 atom stereocenters. The highest BCUT2D eigenvalue weighted by molar-refractivity contribution is 5.42. The summed E-state index contributed by atoms with van der Waals surface area (Å²) in [4.78, 5) is 6.93. The molecule has 0 radical (unpaired) electrons. The van der Waals surface area contributed by atoms with Crippen LogP contribution in [0.25, 0.3) is 0 Å². The lowest BCUT2D eigenvalue weighted by molar-refractivity contribution is 0.240. The van der Waals surface area contributed by atoms with E-state index in [0.717, 1.165) is 36.7 Å². The smallest absolute Gasteiger partial charge is 0.127 e. The first-order chi connectivity index (χ1) is 10.8. The number of pyridine rings is 1. The van der Waals surface area contributed by atoms with Crippen LogP contribution in [0.5, 0.6) is 11.5 Å². The Balaban J connectivity index is 1.83. The molecule has 4 nitrogen and oxygen atoms in total. The van der Waals surface area contributed by atoms with Gasteiger partial charge in [-0.15, -0.1) is 0 Å². The zero-order valence-corrected chi connectivity index (χ0v) is 13.2. The predicted molar refractivity (Wildman–Crippen MR) is 86.2 cm³/mol. The molecule has 2 aromatic rings. The van der Waals surface area contributed by atoms with Gasteiger partial charge in [0.15, 0.2) is 0 Å². The van der Waals surface area contributed by atoms with Gasteiger partial charge in [0, 0.05) is 30.4 Å². The molecule has 22 heavy (non-hydrogen) atoms. The van der Waals surface area contributed by atoms with E-state index in [1.807, 2.05) is 30.5 Å². The van der Waals surface area contributed by atoms with Crippen LogP contribution < -0.4 is 9.47 Å². The van der Waals surface area contributed by atoms with E-state index in [4.69, 9.17) is 9.47 Å². The van der Waals surface area contributed by atoms with Gasteiger partial charge >= 0.3 is 0 Å². The average Bonchev–Trinajstić information content (AvgIpc) is 3.03. The van der Waals surface area contributed by atoms with Crippen LogP contribution in [0, 0.1) is 0 Å². The molecule has 4 heteroatoms. The SMILES string of the molecule is COc1ccc([C@H]2CCCN2Cc2ccccn2)c(OC)c1. The van der Waals surface area contributed by atoms with Crippen molar-refractivity contribution in [2.24, 2.45) is 0 Å². The molecule has 0 saturated carbocycles. The molecule has 0 unspecified atom stereocenters. The summed E-state index contributed by atoms with van der Waals surface area (Å²) in [6, 6.07) is 12.6. The van der Waals surface area contributed by atoms with E-state index < -0.39 is 0 Å². The van der Waals surface area contributed by atoms with Crippen molar-refractivity contribution in [1.29, 1.82) is 0 Å². The molecule has 0 bridgehead atoms. The van der Waals surface area contributed by atoms with Crippen molar-refractivity contribution in [3.63, 3.8) is 0 Å². The lowest BCUT2D eigenvalue weighted by atomic mass is 10.0. The Labute approximate surface area is 131 Å². The van der Waals surface area contributed by atoms with E-state index in [2.05, 4.69) is 22.0 Å². The van der Waals surface area contributed by atoms with E-state index in [1.165, 1.54) is 12.0 Å². The van der Waals surface area contributed by atoms with Gasteiger partial charge in [-0.2, -0.15) is 0 Å². The van der Waals surface area contributed by atoms with E-state index in [1.54, 1.807) is 14.2 Å². The summed E-state index contributed by atoms with van der Waals surface area (Å²) in [5, 5.41) is 0. The summed E-state index contributed by atoms with van der Waals surface area (Å²) in [5.41, 5.74) is 2.35. The minimum atomic E-state index is 0.378. The van der Waals surface area contributed by atoms with Gasteiger partial charge in [-0.1, -0.05) is 12.1 Å². The van der Waals surface area contributed by atoms with Crippen LogP contribution in [-0.4, -0.2) is 30.6 Å². The van der Waals surface area contributed by atoms with Gasteiger partial charge in [-0.05, 0) is 37.6 Å². The Bertz CT molecular complexity index is 616. The fraction of sp³-hybridized carbons (Fsp3) is 0.389. The number of nitrogens with zero attached hydrogens (tertiary/aromatic N) is 2. The van der Waals surface area contributed by atoms with E-state index in [9.17, 15) is 0 Å². The Kier molecular flexibility index (Phi) is 4.59. The van der Waals surface area contributed by atoms with E-state index in [-0.39, 0.29) is 0 Å². The first-order valence-corrected chi connectivity index (χ1v) is 7.67. The third-order valence-corrected chi connectivity index (χ3v) is 4.25. The molecule has 3 rings (SSSR count). The van der Waals surface area contributed by atoms with Crippen LogP contribution in [0.3, 0.4) is 0 Å². The quantitative estimate of drug-likeness (QED) is 0.847. The molecule has 1 saturated heterocycles. The highest BCUT2D eigenvalue weighted by atomic mass is 16.5. The van der Waals surface area contributed by atoms with Crippen LogP contribution in [0.15, 0.2) is 42.6 Å². The first-order valence-electron chi connectivity index (χ1n) is 7.67. The van der Waals surface area contributed by atoms with Crippen LogP contribution in [0.1, 0.15) is 30.1 Å². The van der Waals surface area contributed by atoms with Gasteiger partial charge in [0.2, 0.25) is 0 Å². The number of methoxy groups -OCH3 is 2. The van der Waals surface area contributed by atoms with Crippen LogP contribution in [0.2, 0.25) is 0 Å². The summed E-state index contributed by atoms with van der Waals surface area (Å²) in [7, 11) is 3.40. The maximum absolute atomic E-state index is 5.58. The fourth-order valence-electron chi connectivity index (χ4n) is 3.16. The normalized spacial score (nSPS) is 18.4. The third kappa shape index (κ3) is 3.07. The molecule has 0 spiro atoms. The highest BCUT2D eigenvalue weighted by Gasteiger charge is 2.28. The average molecular weight is 298 g/mol. The van der Waals surface area contributed by atoms with Crippen LogP contribution in [0.4, 0.5) is 0 Å². The molecule has 0 amide bonds. The molecule has 1 aromatic carbocycles. The summed E-state index contributed by atoms with van der Waals surface area (Å²) in [6.45, 7) is 1.97. The van der Waals surface area contributed by atoms with E-state index in [0.29, 0.717) is 6.04 Å². The van der Waals surface area contributed by atoms with E-state index >= 15 is 0 Å². The first kappa shape index (κ1) is 14.9. The van der Waals surface area contributed by atoms with Gasteiger partial charge < -0.3 is 9.47 Å². The lowest BCUT2D eigenvalue weighted by Gasteiger charge is -2.26. The molecule has 0 aliphatic carbocycles. The third-order valence-electron chi connectivity index (χ3n) is 4.25. The lowest BCUT2D eigenvalue weighted by Crippen LogP contribution is -2.23. The number of benzene rings is 1. The topological polar surface area (TPSA) is 34.6 Å². The summed E-state index contributed by atoms with van der Waals surface area (Å²) < 4.78 is 10.9. The van der Waals surface area contributed by atoms with Crippen molar-refractivity contribution in [3.8, 4) is 11.5 Å². The Morgan fingerprint density at radius 1 is 1.18 bits per heavy atom. The number of ether oxygens (including phenoxy) is 2. The largest absolute Gasteiger partial charge is 0.497 e. The molecule has 0 N–H and O–H groups in total. The predicted octanol–water partition coefficient (Wildman–Crippen LogP) is 3.44. The van der Waals surface area contributed by atoms with Gasteiger partial charge in [-0.25, -0.2) is 0 Å². The molecule has 1 aliphatic rings. The van der Waals surface area contributed by atoms with Crippen molar-refractivity contribution in [2.75, 3.05) is 20.8 Å². The number of aromatic nitrogens is 1. The van der Waals surface area contributed by atoms with Gasteiger partial charge in [0.25, 0.3) is 0 Å². The van der Waals surface area contributed by atoms with Gasteiger partial charge in [0.05, 0.1) is 19.9 Å². The minimum Gasteiger partial charge on any atom is -0.497 e. The van der Waals surface area contributed by atoms with Crippen molar-refractivity contribution >= 4 is 0 Å². The summed E-state index contributed by atoms with van der Waals surface area (Å²) >= 11 is 0. The summed E-state index contributed by atoms with van der Waals surface area (Å²) in [5.74, 6) is 1.73. The van der Waals surface area contributed by atoms with Crippen LogP contribution in [-0.2, 0) is 6.54 Å². The van der Waals surface area contributed by atoms with Crippen molar-refractivity contribution in [2.45, 2.75) is 25.4 Å². The molecule has 116 valence electrons. The standard InChI is InChI=1S/C18H22N2O2/c1-21-15-8-9-16(18(12-15)22-2)17-7-5-11-20(17)13-14-6-3-4-10-19-14/h3-4,6,8-10,12,17H,5,7,11,13H2,1-2H3/t17-/m1/s1. The number of hydrogen-bond donors (Lipinski definition) is 0. The second kappa shape index (κ2) is 6.79. The monoisotopic (exact) mass is 298 g/mol. The zero-order chi connectivity index (χ0) is 15.4. The van der Waals surface area contributed by atoms with Crippen LogP contribution >= 0.6 is 0 Å². The second-order valence-corrected chi connectivity index (χ2v) is 5.56. The molecular formula is C18H22N2O2. The molecular weight excluding hydrogens is 276 g/mol. The second-order valence-electron chi connectivity index (χ2n) is 5.56. The van der Waals surface area contributed by atoms with Gasteiger partial charge in [0.1, 0.15) is 11.5 Å². The molecule has 2 heterocycles. The molecule has 1 aliphatic heterocycles. The van der Waals surface area contributed by atoms with Crippen molar-refractivity contribution in [3.05, 3.63) is 53.9 Å². The molecule has 1 fully saturated rings. The molecule has 1 aromatic heterocycles. The zero-order valence-electron chi connectivity index (χ0n) is 13.2. The Hall–Kier alpha value is -2.07. The van der Waals surface area contributed by atoms with Crippen molar-refractivity contribution < 1.29 is 9.47 Å². The maximum atomic E-state index is 5.58. The highest BCUT2D eigenvalue weighted by Crippen LogP contribution is 2.39. The van der Waals surface area contributed by atoms with Crippen molar-refractivity contribution in [1.82, 2.24) is 9.88 Å².